The van der Waals surface area contributed by atoms with Crippen molar-refractivity contribution in [3.8, 4) is 0 Å². The summed E-state index contributed by atoms with van der Waals surface area (Å²) in [4.78, 5) is 4.67. The zero-order valence-corrected chi connectivity index (χ0v) is 3.79. The largest absolute Gasteiger partial charge is 0.371 e. The van der Waals surface area contributed by atoms with E-state index in [1.54, 1.807) is 0 Å². The third-order valence-electron chi connectivity index (χ3n) is 0.599. The van der Waals surface area contributed by atoms with Crippen molar-refractivity contribution < 1.29 is 4.84 Å². The number of nitrogens with zero attached hydrogens (tertiary/aromatic N) is 2. The molecular formula is C3H6N3O. The SMILES string of the molecule is [CH2]CN1NN=CO1. The molecule has 0 aliphatic carbocycles. The molecule has 0 saturated carbocycles. The first-order chi connectivity index (χ1) is 3.43. The van der Waals surface area contributed by atoms with Gasteiger partial charge < -0.3 is 4.84 Å². The van der Waals surface area contributed by atoms with Gasteiger partial charge in [0.05, 0.1) is 6.54 Å². The van der Waals surface area contributed by atoms with Gasteiger partial charge in [0.25, 0.3) is 0 Å². The maximum atomic E-state index is 4.67. The van der Waals surface area contributed by atoms with Crippen molar-refractivity contribution in [3.63, 3.8) is 0 Å². The summed E-state index contributed by atoms with van der Waals surface area (Å²) in [6, 6.07) is 0. The number of hydroxylamine groups is 1. The molecule has 4 nitrogen and oxygen atoms in total. The predicted molar refractivity (Wildman–Crippen MR) is 24.8 cm³/mol. The zero-order valence-electron chi connectivity index (χ0n) is 3.79. The van der Waals surface area contributed by atoms with Gasteiger partial charge in [0, 0.05) is 0 Å². The van der Waals surface area contributed by atoms with Crippen LogP contribution in [-0.2, 0) is 4.84 Å². The van der Waals surface area contributed by atoms with Crippen LogP contribution in [0.2, 0.25) is 0 Å². The maximum absolute atomic E-state index is 4.67. The lowest BCUT2D eigenvalue weighted by atomic mass is 10.8. The molecule has 0 saturated heterocycles. The third-order valence-corrected chi connectivity index (χ3v) is 0.599. The van der Waals surface area contributed by atoms with E-state index in [1.807, 2.05) is 0 Å². The zero-order chi connectivity index (χ0) is 5.11. The second-order valence-electron chi connectivity index (χ2n) is 1.04. The van der Waals surface area contributed by atoms with Crippen molar-refractivity contribution in [2.24, 2.45) is 5.10 Å². The average Bonchev–Trinajstić information content (AvgIpc) is 2.14. The highest BCUT2D eigenvalue weighted by Gasteiger charge is 2.01. The molecule has 1 radical (unpaired) electrons. The Morgan fingerprint density at radius 1 is 2.00 bits per heavy atom. The second kappa shape index (κ2) is 1.79. The number of nitrogens with one attached hydrogen (secondary N) is 1. The average molecular weight is 100 g/mol. The molecule has 1 aliphatic heterocycles. The molecule has 7 heavy (non-hydrogen) atoms. The van der Waals surface area contributed by atoms with Crippen molar-refractivity contribution in [1.82, 2.24) is 10.7 Å². The van der Waals surface area contributed by atoms with Gasteiger partial charge in [-0.05, 0) is 12.1 Å². The number of hydrogen-bond donors (Lipinski definition) is 1. The molecule has 39 valence electrons. The highest BCUT2D eigenvalue weighted by molar-refractivity contribution is 5.46. The number of hydrogen-bond acceptors (Lipinski definition) is 4. The van der Waals surface area contributed by atoms with Gasteiger partial charge in [-0.15, -0.1) is 5.10 Å². The molecule has 0 aromatic heterocycles. The molecule has 4 heteroatoms. The van der Waals surface area contributed by atoms with Gasteiger partial charge >= 0.3 is 0 Å². The summed E-state index contributed by atoms with van der Waals surface area (Å²) >= 11 is 0. The molecule has 0 aromatic carbocycles. The van der Waals surface area contributed by atoms with E-state index in [0.717, 1.165) is 0 Å². The monoisotopic (exact) mass is 100 g/mol. The van der Waals surface area contributed by atoms with E-state index in [0.29, 0.717) is 6.54 Å². The van der Waals surface area contributed by atoms with Crippen LogP contribution in [0.5, 0.6) is 0 Å². The fraction of sp³-hybridized carbons (Fsp3) is 0.333. The molecule has 0 fully saturated rings. The lowest BCUT2D eigenvalue weighted by Gasteiger charge is -2.06. The molecule has 0 spiro atoms. The fourth-order valence-electron chi connectivity index (χ4n) is 0.295. The van der Waals surface area contributed by atoms with Crippen LogP contribution in [-0.4, -0.2) is 18.1 Å². The Balaban J connectivity index is 2.22. The Morgan fingerprint density at radius 3 is 3.14 bits per heavy atom. The van der Waals surface area contributed by atoms with E-state index < -0.39 is 0 Å². The van der Waals surface area contributed by atoms with E-state index in [9.17, 15) is 0 Å². The summed E-state index contributed by atoms with van der Waals surface area (Å²) in [5, 5.41) is 4.93. The first-order valence-electron chi connectivity index (χ1n) is 1.94. The molecule has 0 aromatic rings. The summed E-state index contributed by atoms with van der Waals surface area (Å²) < 4.78 is 0. The summed E-state index contributed by atoms with van der Waals surface area (Å²) in [6.45, 7) is 4.07. The van der Waals surface area contributed by atoms with Crippen LogP contribution < -0.4 is 5.53 Å². The standard InChI is InChI=1S/C3H6N3O/c1-2-6-5-4-3-7-6/h3,5H,1-2H2. The highest BCUT2D eigenvalue weighted by atomic mass is 16.7. The smallest absolute Gasteiger partial charge is 0.222 e. The van der Waals surface area contributed by atoms with Crippen LogP contribution in [0.4, 0.5) is 0 Å². The Labute approximate surface area is 41.7 Å². The maximum Gasteiger partial charge on any atom is 0.222 e. The van der Waals surface area contributed by atoms with Gasteiger partial charge in [-0.3, -0.25) is 0 Å². The van der Waals surface area contributed by atoms with Crippen molar-refractivity contribution in [2.75, 3.05) is 6.54 Å². The van der Waals surface area contributed by atoms with Crippen molar-refractivity contribution in [1.29, 1.82) is 0 Å². The number of hydrazone groups is 1. The molecule has 0 amide bonds. The molecule has 0 unspecified atom stereocenters. The number of rotatable bonds is 1. The minimum absolute atomic E-state index is 0.542. The quantitative estimate of drug-likeness (QED) is 0.483. The van der Waals surface area contributed by atoms with Crippen LogP contribution in [0.1, 0.15) is 0 Å². The fourth-order valence-corrected chi connectivity index (χ4v) is 0.295. The summed E-state index contributed by atoms with van der Waals surface area (Å²) in [5.74, 6) is 0. The van der Waals surface area contributed by atoms with Crippen molar-refractivity contribution >= 4 is 6.40 Å². The first-order valence-corrected chi connectivity index (χ1v) is 1.94. The molecule has 1 aliphatic rings. The first kappa shape index (κ1) is 4.39. The van der Waals surface area contributed by atoms with Gasteiger partial charge in [-0.2, -0.15) is 0 Å². The van der Waals surface area contributed by atoms with Crippen LogP contribution in [0, 0.1) is 6.92 Å². The molecule has 0 atom stereocenters. The summed E-state index contributed by atoms with van der Waals surface area (Å²) in [7, 11) is 0. The number of hydrazine groups is 1. The molecular weight excluding hydrogens is 94.1 g/mol. The minimum atomic E-state index is 0.542. The van der Waals surface area contributed by atoms with Crippen LogP contribution >= 0.6 is 0 Å². The van der Waals surface area contributed by atoms with E-state index in [-0.39, 0.29) is 0 Å². The Hall–Kier alpha value is -0.770. The van der Waals surface area contributed by atoms with Crippen LogP contribution in [0.15, 0.2) is 5.10 Å². The van der Waals surface area contributed by atoms with Crippen LogP contribution in [0.25, 0.3) is 0 Å². The van der Waals surface area contributed by atoms with E-state index in [4.69, 9.17) is 0 Å². The summed E-state index contributed by atoms with van der Waals surface area (Å²) in [6.07, 6.45) is 1.31. The third kappa shape index (κ3) is 0.806. The molecule has 1 N–H and O–H groups in total. The van der Waals surface area contributed by atoms with E-state index in [2.05, 4.69) is 22.4 Å². The normalized spacial score (nSPS) is 19.0. The molecule has 1 heterocycles. The molecule has 1 rings (SSSR count). The van der Waals surface area contributed by atoms with E-state index in [1.165, 1.54) is 11.6 Å². The second-order valence-corrected chi connectivity index (χ2v) is 1.04. The lowest BCUT2D eigenvalue weighted by molar-refractivity contribution is -0.0787. The summed E-state index contributed by atoms with van der Waals surface area (Å²) in [5.41, 5.74) is 2.52. The van der Waals surface area contributed by atoms with E-state index >= 15 is 0 Å². The van der Waals surface area contributed by atoms with Gasteiger partial charge in [0.1, 0.15) is 0 Å². The molecule has 0 bridgehead atoms. The topological polar surface area (TPSA) is 36.9 Å². The predicted octanol–water partition coefficient (Wildman–Crippen LogP) is -0.484. The van der Waals surface area contributed by atoms with Gasteiger partial charge in [-0.25, -0.2) is 5.53 Å². The van der Waals surface area contributed by atoms with Crippen LogP contribution in [0.3, 0.4) is 0 Å². The van der Waals surface area contributed by atoms with Gasteiger partial charge in [0.2, 0.25) is 6.40 Å². The lowest BCUT2D eigenvalue weighted by Crippen LogP contribution is -2.27. The van der Waals surface area contributed by atoms with Gasteiger partial charge in [-0.1, -0.05) is 0 Å². The highest BCUT2D eigenvalue weighted by Crippen LogP contribution is 1.85. The van der Waals surface area contributed by atoms with Crippen molar-refractivity contribution in [3.05, 3.63) is 6.92 Å². The van der Waals surface area contributed by atoms with Crippen molar-refractivity contribution in [2.45, 2.75) is 0 Å². The Kier molecular flexibility index (Phi) is 1.12. The Morgan fingerprint density at radius 2 is 2.86 bits per heavy atom. The van der Waals surface area contributed by atoms with Gasteiger partial charge in [0.15, 0.2) is 0 Å². The Bertz CT molecular complexity index is 74.2. The minimum Gasteiger partial charge on any atom is -0.371 e.